The van der Waals surface area contributed by atoms with Crippen molar-refractivity contribution in [2.75, 3.05) is 30.4 Å². The molecule has 0 bridgehead atoms. The van der Waals surface area contributed by atoms with Gasteiger partial charge in [0.25, 0.3) is 0 Å². The third kappa shape index (κ3) is 1.77. The van der Waals surface area contributed by atoms with Crippen molar-refractivity contribution >= 4 is 17.5 Å². The van der Waals surface area contributed by atoms with E-state index in [0.717, 1.165) is 37.6 Å². The summed E-state index contributed by atoms with van der Waals surface area (Å²) in [4.78, 5) is 22.6. The summed E-state index contributed by atoms with van der Waals surface area (Å²) in [5.41, 5.74) is 0. The van der Waals surface area contributed by atoms with Crippen LogP contribution in [0.1, 0.15) is 12.8 Å². The average Bonchev–Trinajstić information content (AvgIpc) is 2.81. The molecule has 6 heteroatoms. The molecule has 1 aromatic rings. The molecule has 2 saturated heterocycles. The molecule has 2 atom stereocenters. The second-order valence-corrected chi connectivity index (χ2v) is 4.77. The van der Waals surface area contributed by atoms with Crippen molar-refractivity contribution in [3.63, 3.8) is 0 Å². The second-order valence-electron chi connectivity index (χ2n) is 4.77. The fraction of sp³-hybridized carbons (Fsp3) is 0.583. The fourth-order valence-electron chi connectivity index (χ4n) is 2.85. The monoisotopic (exact) mass is 247 g/mol. The zero-order valence-electron chi connectivity index (χ0n) is 10.4. The number of rotatable bonds is 2. The molecule has 0 aliphatic carbocycles. The predicted octanol–water partition coefficient (Wildman–Crippen LogP) is 0.233. The van der Waals surface area contributed by atoms with Gasteiger partial charge in [-0.3, -0.25) is 9.78 Å². The van der Waals surface area contributed by atoms with Gasteiger partial charge in [-0.05, 0) is 12.8 Å². The third-order valence-electron chi connectivity index (χ3n) is 3.77. The van der Waals surface area contributed by atoms with Crippen molar-refractivity contribution in [1.29, 1.82) is 0 Å². The molecule has 3 heterocycles. The highest BCUT2D eigenvalue weighted by molar-refractivity contribution is 5.83. The Hall–Kier alpha value is -1.85. The molecular weight excluding hydrogens is 230 g/mol. The van der Waals surface area contributed by atoms with E-state index in [1.807, 2.05) is 7.05 Å². The van der Waals surface area contributed by atoms with Gasteiger partial charge in [0, 0.05) is 20.1 Å². The van der Waals surface area contributed by atoms with Gasteiger partial charge in [0.15, 0.2) is 0 Å². The minimum absolute atomic E-state index is 0.110. The predicted molar refractivity (Wildman–Crippen MR) is 68.4 cm³/mol. The lowest BCUT2D eigenvalue weighted by Crippen LogP contribution is -2.46. The van der Waals surface area contributed by atoms with Crippen LogP contribution in [0.2, 0.25) is 0 Å². The van der Waals surface area contributed by atoms with Gasteiger partial charge in [-0.2, -0.15) is 0 Å². The minimum Gasteiger partial charge on any atom is -0.372 e. The number of carbonyl (C=O) groups is 1. The maximum atomic E-state index is 11.7. The van der Waals surface area contributed by atoms with Gasteiger partial charge >= 0.3 is 0 Å². The van der Waals surface area contributed by atoms with Crippen LogP contribution in [0.25, 0.3) is 0 Å². The zero-order chi connectivity index (χ0) is 12.5. The van der Waals surface area contributed by atoms with Crippen LogP contribution in [0.4, 0.5) is 11.6 Å². The Labute approximate surface area is 106 Å². The quantitative estimate of drug-likeness (QED) is 0.783. The van der Waals surface area contributed by atoms with Gasteiger partial charge < -0.3 is 15.5 Å². The van der Waals surface area contributed by atoms with Crippen molar-refractivity contribution in [3.8, 4) is 0 Å². The zero-order valence-corrected chi connectivity index (χ0v) is 10.4. The van der Waals surface area contributed by atoms with Gasteiger partial charge in [-0.25, -0.2) is 4.98 Å². The Morgan fingerprint density at radius 3 is 3.22 bits per heavy atom. The van der Waals surface area contributed by atoms with Gasteiger partial charge in [0.2, 0.25) is 5.91 Å². The van der Waals surface area contributed by atoms with Crippen LogP contribution >= 0.6 is 0 Å². The fourth-order valence-corrected chi connectivity index (χ4v) is 2.85. The van der Waals surface area contributed by atoms with E-state index >= 15 is 0 Å². The molecule has 1 amide bonds. The third-order valence-corrected chi connectivity index (χ3v) is 3.77. The maximum absolute atomic E-state index is 11.7. The highest BCUT2D eigenvalue weighted by atomic mass is 16.2. The molecule has 2 aliphatic heterocycles. The molecule has 0 saturated carbocycles. The molecule has 2 fully saturated rings. The van der Waals surface area contributed by atoms with Crippen molar-refractivity contribution in [2.45, 2.75) is 18.9 Å². The first kappa shape index (κ1) is 11.3. The number of carbonyl (C=O) groups excluding carboxylic acids is 1. The standard InChI is InChI=1S/C12H17N5O/c1-13-10-6-14-7-11(16-10)17-4-2-3-8-9(17)5-15-12(8)18/h6-9H,2-5H2,1H3,(H,13,16)(H,15,18). The van der Waals surface area contributed by atoms with Crippen LogP contribution < -0.4 is 15.5 Å². The van der Waals surface area contributed by atoms with Crippen molar-refractivity contribution in [1.82, 2.24) is 15.3 Å². The van der Waals surface area contributed by atoms with E-state index in [0.29, 0.717) is 0 Å². The Kier molecular flexibility index (Phi) is 2.77. The number of hydrogen-bond donors (Lipinski definition) is 2. The first-order chi connectivity index (χ1) is 8.79. The number of piperidine rings is 1. The summed E-state index contributed by atoms with van der Waals surface area (Å²) >= 11 is 0. The van der Waals surface area contributed by atoms with E-state index in [2.05, 4.69) is 25.5 Å². The largest absolute Gasteiger partial charge is 0.372 e. The van der Waals surface area contributed by atoms with Gasteiger partial charge in [0.1, 0.15) is 11.6 Å². The number of hydrogen-bond acceptors (Lipinski definition) is 5. The van der Waals surface area contributed by atoms with Crippen LogP contribution in [0.5, 0.6) is 0 Å². The van der Waals surface area contributed by atoms with Crippen molar-refractivity contribution in [2.24, 2.45) is 5.92 Å². The Balaban J connectivity index is 1.88. The number of nitrogens with one attached hydrogen (secondary N) is 2. The van der Waals surface area contributed by atoms with Gasteiger partial charge in [-0.15, -0.1) is 0 Å². The summed E-state index contributed by atoms with van der Waals surface area (Å²) in [6.07, 6.45) is 5.47. The van der Waals surface area contributed by atoms with E-state index in [1.54, 1.807) is 12.4 Å². The lowest BCUT2D eigenvalue weighted by Gasteiger charge is -2.36. The highest BCUT2D eigenvalue weighted by Gasteiger charge is 2.41. The number of fused-ring (bicyclic) bond motifs is 1. The van der Waals surface area contributed by atoms with Crippen LogP contribution in [-0.4, -0.2) is 42.1 Å². The van der Waals surface area contributed by atoms with Gasteiger partial charge in [-0.1, -0.05) is 0 Å². The molecule has 0 aromatic carbocycles. The molecule has 96 valence electrons. The number of aromatic nitrogens is 2. The lowest BCUT2D eigenvalue weighted by molar-refractivity contribution is -0.122. The van der Waals surface area contributed by atoms with Crippen LogP contribution in [0.15, 0.2) is 12.4 Å². The van der Waals surface area contributed by atoms with Crippen molar-refractivity contribution in [3.05, 3.63) is 12.4 Å². The van der Waals surface area contributed by atoms with Crippen LogP contribution in [-0.2, 0) is 4.79 Å². The smallest absolute Gasteiger partial charge is 0.225 e. The van der Waals surface area contributed by atoms with Crippen molar-refractivity contribution < 1.29 is 4.79 Å². The molecule has 2 unspecified atom stereocenters. The summed E-state index contributed by atoms with van der Waals surface area (Å²) in [5.74, 6) is 1.90. The molecule has 2 aliphatic rings. The Morgan fingerprint density at radius 2 is 2.39 bits per heavy atom. The molecule has 6 nitrogen and oxygen atoms in total. The summed E-state index contributed by atoms with van der Waals surface area (Å²) in [5, 5.41) is 5.94. The molecular formula is C12H17N5O. The molecule has 3 rings (SSSR count). The van der Waals surface area contributed by atoms with E-state index in [-0.39, 0.29) is 17.9 Å². The van der Waals surface area contributed by atoms with E-state index in [4.69, 9.17) is 0 Å². The number of amides is 1. The van der Waals surface area contributed by atoms with E-state index < -0.39 is 0 Å². The molecule has 0 spiro atoms. The minimum atomic E-state index is 0.110. The molecule has 1 aromatic heterocycles. The summed E-state index contributed by atoms with van der Waals surface area (Å²) in [6, 6.07) is 0.229. The first-order valence-electron chi connectivity index (χ1n) is 6.34. The Morgan fingerprint density at radius 1 is 1.50 bits per heavy atom. The number of anilines is 2. The maximum Gasteiger partial charge on any atom is 0.225 e. The SMILES string of the molecule is CNc1cncc(N2CCCC3C(=O)NCC32)n1. The normalized spacial score (nSPS) is 26.7. The Bertz CT molecular complexity index is 464. The van der Waals surface area contributed by atoms with E-state index in [1.165, 1.54) is 0 Å². The number of nitrogens with zero attached hydrogens (tertiary/aromatic N) is 3. The summed E-state index contributed by atoms with van der Waals surface area (Å²) in [7, 11) is 1.83. The topological polar surface area (TPSA) is 70.2 Å². The van der Waals surface area contributed by atoms with Gasteiger partial charge in [0.05, 0.1) is 24.4 Å². The average molecular weight is 247 g/mol. The molecule has 2 N–H and O–H groups in total. The first-order valence-corrected chi connectivity index (χ1v) is 6.34. The highest BCUT2D eigenvalue weighted by Crippen LogP contribution is 2.30. The van der Waals surface area contributed by atoms with Crippen LogP contribution in [0, 0.1) is 5.92 Å². The second kappa shape index (κ2) is 4.44. The van der Waals surface area contributed by atoms with Crippen LogP contribution in [0.3, 0.4) is 0 Å². The summed E-state index contributed by atoms with van der Waals surface area (Å²) < 4.78 is 0. The lowest BCUT2D eigenvalue weighted by atomic mass is 9.91. The van der Waals surface area contributed by atoms with E-state index in [9.17, 15) is 4.79 Å². The molecule has 18 heavy (non-hydrogen) atoms. The summed E-state index contributed by atoms with van der Waals surface area (Å²) in [6.45, 7) is 1.66. The molecule has 0 radical (unpaired) electrons.